The smallest absolute Gasteiger partial charge is 0.270 e. The molecule has 1 aromatic carbocycles. The van der Waals surface area contributed by atoms with Gasteiger partial charge in [-0.15, -0.1) is 0 Å². The first-order chi connectivity index (χ1) is 11.6. The molecule has 1 N–H and O–H groups in total. The van der Waals surface area contributed by atoms with Crippen molar-refractivity contribution < 1.29 is 4.79 Å². The Kier molecular flexibility index (Phi) is 4.09. The van der Waals surface area contributed by atoms with Crippen molar-refractivity contribution in [2.24, 2.45) is 0 Å². The van der Waals surface area contributed by atoms with Crippen LogP contribution in [-0.2, 0) is 0 Å². The molecule has 0 spiro atoms. The number of nitrogens with zero attached hydrogens (tertiary/aromatic N) is 2. The zero-order valence-corrected chi connectivity index (χ0v) is 14.8. The first-order valence-electron chi connectivity index (χ1n) is 9.26. The Balaban J connectivity index is 1.47. The number of carbonyl (C=O) groups is 1. The highest BCUT2D eigenvalue weighted by molar-refractivity contribution is 5.99. The Morgan fingerprint density at radius 3 is 2.50 bits per heavy atom. The van der Waals surface area contributed by atoms with E-state index in [0.717, 1.165) is 37.1 Å². The quantitative estimate of drug-likeness (QED) is 0.918. The third kappa shape index (κ3) is 2.73. The summed E-state index contributed by atoms with van der Waals surface area (Å²) in [6.45, 7) is 8.51. The first-order valence-corrected chi connectivity index (χ1v) is 9.26. The van der Waals surface area contributed by atoms with E-state index in [4.69, 9.17) is 0 Å². The van der Waals surface area contributed by atoms with Gasteiger partial charge in [-0.3, -0.25) is 4.79 Å². The van der Waals surface area contributed by atoms with Crippen LogP contribution in [0.1, 0.15) is 47.3 Å². The second kappa shape index (κ2) is 6.25. The number of aryl methyl sites for hydroxylation is 2. The number of H-pyrrole nitrogens is 1. The number of likely N-dealkylation sites (tertiary alicyclic amines) is 2. The molecule has 4 heteroatoms. The van der Waals surface area contributed by atoms with Gasteiger partial charge >= 0.3 is 0 Å². The van der Waals surface area contributed by atoms with E-state index < -0.39 is 0 Å². The molecular formula is C20H27N3O. The summed E-state index contributed by atoms with van der Waals surface area (Å²) < 4.78 is 0. The molecule has 1 aromatic heterocycles. The van der Waals surface area contributed by atoms with Crippen LogP contribution in [0.3, 0.4) is 0 Å². The van der Waals surface area contributed by atoms with Crippen molar-refractivity contribution in [3.8, 4) is 0 Å². The molecule has 2 saturated heterocycles. The number of hydrogen-bond donors (Lipinski definition) is 1. The summed E-state index contributed by atoms with van der Waals surface area (Å²) in [4.78, 5) is 20.8. The lowest BCUT2D eigenvalue weighted by atomic mass is 10.0. The molecule has 4 nitrogen and oxygen atoms in total. The van der Waals surface area contributed by atoms with Crippen molar-refractivity contribution in [2.45, 2.75) is 45.6 Å². The second-order valence-electron chi connectivity index (χ2n) is 7.42. The summed E-state index contributed by atoms with van der Waals surface area (Å²) in [5.41, 5.74) is 4.33. The Hall–Kier alpha value is -1.81. The Labute approximate surface area is 143 Å². The summed E-state index contributed by atoms with van der Waals surface area (Å²) in [6, 6.07) is 6.91. The zero-order chi connectivity index (χ0) is 16.7. The van der Waals surface area contributed by atoms with Gasteiger partial charge in [0.25, 0.3) is 5.91 Å². The molecule has 0 unspecified atom stereocenters. The summed E-state index contributed by atoms with van der Waals surface area (Å²) in [7, 11) is 0. The van der Waals surface area contributed by atoms with E-state index in [-0.39, 0.29) is 5.91 Å². The average molecular weight is 325 g/mol. The van der Waals surface area contributed by atoms with Gasteiger partial charge in [0, 0.05) is 30.0 Å². The number of rotatable bonds is 2. The highest BCUT2D eigenvalue weighted by atomic mass is 16.2. The minimum Gasteiger partial charge on any atom is -0.351 e. The normalized spacial score (nSPS) is 20.2. The molecule has 0 saturated carbocycles. The molecule has 0 radical (unpaired) electrons. The van der Waals surface area contributed by atoms with Gasteiger partial charge in [-0.2, -0.15) is 0 Å². The van der Waals surface area contributed by atoms with Gasteiger partial charge in [-0.25, -0.2) is 0 Å². The van der Waals surface area contributed by atoms with E-state index in [1.165, 1.54) is 42.4 Å². The number of aromatic amines is 1. The fourth-order valence-corrected chi connectivity index (χ4v) is 4.28. The molecule has 0 atom stereocenters. The molecule has 3 heterocycles. The molecule has 24 heavy (non-hydrogen) atoms. The third-order valence-electron chi connectivity index (χ3n) is 5.98. The van der Waals surface area contributed by atoms with Crippen LogP contribution >= 0.6 is 0 Å². The van der Waals surface area contributed by atoms with E-state index in [9.17, 15) is 4.79 Å². The standard InChI is InChI=1S/C20H27N3O/c1-14-5-6-18-17(15(14)2)13-19(21-18)20(24)23-11-7-16(8-12-23)22-9-3-4-10-22/h5-6,13,16,21H,3-4,7-12H2,1-2H3. The number of hydrogen-bond acceptors (Lipinski definition) is 2. The number of benzene rings is 1. The van der Waals surface area contributed by atoms with E-state index in [2.05, 4.69) is 35.9 Å². The summed E-state index contributed by atoms with van der Waals surface area (Å²) in [5, 5.41) is 1.17. The van der Waals surface area contributed by atoms with Crippen LogP contribution in [0.5, 0.6) is 0 Å². The van der Waals surface area contributed by atoms with Crippen molar-refractivity contribution in [3.05, 3.63) is 35.0 Å². The van der Waals surface area contributed by atoms with Crippen molar-refractivity contribution in [1.29, 1.82) is 0 Å². The lowest BCUT2D eigenvalue weighted by Crippen LogP contribution is -2.46. The molecule has 4 rings (SSSR count). The lowest BCUT2D eigenvalue weighted by Gasteiger charge is -2.36. The van der Waals surface area contributed by atoms with Crippen LogP contribution < -0.4 is 0 Å². The molecular weight excluding hydrogens is 298 g/mol. The second-order valence-corrected chi connectivity index (χ2v) is 7.42. The lowest BCUT2D eigenvalue weighted by molar-refractivity contribution is 0.0640. The molecule has 128 valence electrons. The van der Waals surface area contributed by atoms with Gasteiger partial charge in [0.15, 0.2) is 0 Å². The van der Waals surface area contributed by atoms with E-state index in [0.29, 0.717) is 6.04 Å². The molecule has 0 bridgehead atoms. The fourth-order valence-electron chi connectivity index (χ4n) is 4.28. The largest absolute Gasteiger partial charge is 0.351 e. The third-order valence-corrected chi connectivity index (χ3v) is 5.98. The zero-order valence-electron chi connectivity index (χ0n) is 14.8. The van der Waals surface area contributed by atoms with Crippen LogP contribution in [0.2, 0.25) is 0 Å². The number of piperidine rings is 1. The SMILES string of the molecule is Cc1ccc2[nH]c(C(=O)N3CCC(N4CCCC4)CC3)cc2c1C. The first kappa shape index (κ1) is 15.7. The highest BCUT2D eigenvalue weighted by Gasteiger charge is 2.29. The summed E-state index contributed by atoms with van der Waals surface area (Å²) >= 11 is 0. The minimum absolute atomic E-state index is 0.156. The predicted octanol–water partition coefficient (Wildman–Crippen LogP) is 3.49. The Morgan fingerprint density at radius 1 is 1.08 bits per heavy atom. The van der Waals surface area contributed by atoms with Gasteiger partial charge in [-0.1, -0.05) is 6.07 Å². The summed E-state index contributed by atoms with van der Waals surface area (Å²) in [6.07, 6.45) is 4.91. The van der Waals surface area contributed by atoms with Crippen LogP contribution in [0.4, 0.5) is 0 Å². The molecule has 1 amide bonds. The summed E-state index contributed by atoms with van der Waals surface area (Å²) in [5.74, 6) is 0.156. The fraction of sp³-hybridized carbons (Fsp3) is 0.550. The van der Waals surface area contributed by atoms with Crippen LogP contribution in [0.15, 0.2) is 18.2 Å². The van der Waals surface area contributed by atoms with Crippen LogP contribution in [-0.4, -0.2) is 52.9 Å². The van der Waals surface area contributed by atoms with Crippen molar-refractivity contribution in [2.75, 3.05) is 26.2 Å². The molecule has 2 fully saturated rings. The maximum atomic E-state index is 12.9. The van der Waals surface area contributed by atoms with Gasteiger partial charge < -0.3 is 14.8 Å². The van der Waals surface area contributed by atoms with Crippen LogP contribution in [0.25, 0.3) is 10.9 Å². The predicted molar refractivity (Wildman–Crippen MR) is 97.5 cm³/mol. The molecule has 2 aliphatic heterocycles. The van der Waals surface area contributed by atoms with Gasteiger partial charge in [0.1, 0.15) is 5.69 Å². The highest BCUT2D eigenvalue weighted by Crippen LogP contribution is 2.25. The van der Waals surface area contributed by atoms with E-state index in [1.807, 2.05) is 11.0 Å². The van der Waals surface area contributed by atoms with Gasteiger partial charge in [0.05, 0.1) is 0 Å². The number of amides is 1. The maximum absolute atomic E-state index is 12.9. The maximum Gasteiger partial charge on any atom is 0.270 e. The molecule has 2 aromatic rings. The van der Waals surface area contributed by atoms with Crippen molar-refractivity contribution in [1.82, 2.24) is 14.8 Å². The van der Waals surface area contributed by atoms with Gasteiger partial charge in [0.2, 0.25) is 0 Å². The van der Waals surface area contributed by atoms with Crippen molar-refractivity contribution >= 4 is 16.8 Å². The Morgan fingerprint density at radius 2 is 1.79 bits per heavy atom. The number of nitrogens with one attached hydrogen (secondary N) is 1. The molecule has 0 aliphatic carbocycles. The minimum atomic E-state index is 0.156. The van der Waals surface area contributed by atoms with E-state index in [1.54, 1.807) is 0 Å². The number of aromatic nitrogens is 1. The van der Waals surface area contributed by atoms with E-state index >= 15 is 0 Å². The number of carbonyl (C=O) groups excluding carboxylic acids is 1. The Bertz CT molecular complexity index is 750. The average Bonchev–Trinajstić information content (AvgIpc) is 3.27. The van der Waals surface area contributed by atoms with Crippen molar-refractivity contribution in [3.63, 3.8) is 0 Å². The van der Waals surface area contributed by atoms with Gasteiger partial charge in [-0.05, 0) is 75.9 Å². The topological polar surface area (TPSA) is 39.3 Å². The number of fused-ring (bicyclic) bond motifs is 1. The monoisotopic (exact) mass is 325 g/mol. The molecule has 2 aliphatic rings. The van der Waals surface area contributed by atoms with Crippen LogP contribution in [0, 0.1) is 13.8 Å².